The molecule has 0 bridgehead atoms. The fraction of sp³-hybridized carbons (Fsp3) is 0.727. The van der Waals surface area contributed by atoms with Crippen LogP contribution >= 0.6 is 11.8 Å². The maximum absolute atomic E-state index is 9.34. The summed E-state index contributed by atoms with van der Waals surface area (Å²) >= 11 is 1.45. The number of hydrogen-bond donors (Lipinski definition) is 2. The van der Waals surface area contributed by atoms with Crippen molar-refractivity contribution in [1.82, 2.24) is 4.98 Å². The minimum atomic E-state index is -0.00931. The van der Waals surface area contributed by atoms with Crippen molar-refractivity contribution >= 4 is 11.8 Å². The summed E-state index contributed by atoms with van der Waals surface area (Å²) in [6, 6.07) is 0.0440. The van der Waals surface area contributed by atoms with Crippen LogP contribution in [-0.4, -0.2) is 28.0 Å². The molecule has 0 aliphatic heterocycles. The number of oxazole rings is 1. The van der Waals surface area contributed by atoms with Crippen molar-refractivity contribution in [3.63, 3.8) is 0 Å². The maximum Gasteiger partial charge on any atom is 0.256 e. The first-order chi connectivity index (χ1) is 7.61. The van der Waals surface area contributed by atoms with Gasteiger partial charge in [0.05, 0.1) is 17.6 Å². The van der Waals surface area contributed by atoms with E-state index in [0.717, 1.165) is 11.5 Å². The molecule has 2 unspecified atom stereocenters. The summed E-state index contributed by atoms with van der Waals surface area (Å²) < 4.78 is 5.48. The molecule has 1 aliphatic rings. The summed E-state index contributed by atoms with van der Waals surface area (Å²) in [7, 11) is 0. The van der Waals surface area contributed by atoms with Crippen LogP contribution < -0.4 is 5.73 Å². The van der Waals surface area contributed by atoms with Crippen LogP contribution in [0.5, 0.6) is 0 Å². The molecule has 16 heavy (non-hydrogen) atoms. The Morgan fingerprint density at radius 1 is 1.56 bits per heavy atom. The third kappa shape index (κ3) is 2.59. The number of aromatic nitrogens is 1. The van der Waals surface area contributed by atoms with Gasteiger partial charge in [0.2, 0.25) is 0 Å². The lowest BCUT2D eigenvalue weighted by Crippen LogP contribution is -2.36. The molecular weight excluding hydrogens is 224 g/mol. The number of aliphatic hydroxyl groups is 1. The summed E-state index contributed by atoms with van der Waals surface area (Å²) in [5, 5.41) is 9.95. The molecule has 1 saturated carbocycles. The lowest BCUT2D eigenvalue weighted by molar-refractivity contribution is 0.276. The van der Waals surface area contributed by atoms with Gasteiger partial charge in [0.25, 0.3) is 5.22 Å². The Morgan fingerprint density at radius 2 is 2.25 bits per heavy atom. The van der Waals surface area contributed by atoms with Gasteiger partial charge >= 0.3 is 0 Å². The van der Waals surface area contributed by atoms with Gasteiger partial charge in [-0.2, -0.15) is 0 Å². The highest BCUT2D eigenvalue weighted by Crippen LogP contribution is 2.37. The smallest absolute Gasteiger partial charge is 0.256 e. The predicted octanol–water partition coefficient (Wildman–Crippen LogP) is 1.48. The number of rotatable bonds is 5. The van der Waals surface area contributed by atoms with Crippen molar-refractivity contribution in [2.75, 3.05) is 6.61 Å². The Kier molecular flexibility index (Phi) is 3.56. The lowest BCUT2D eigenvalue weighted by Gasteiger charge is -2.19. The van der Waals surface area contributed by atoms with E-state index in [1.54, 1.807) is 0 Å². The van der Waals surface area contributed by atoms with Gasteiger partial charge in [0, 0.05) is 6.04 Å². The Morgan fingerprint density at radius 3 is 2.69 bits per heavy atom. The second kappa shape index (κ2) is 4.77. The molecule has 0 saturated heterocycles. The number of nitrogens with two attached hydrogens (primary N) is 1. The Balaban J connectivity index is 2.00. The molecule has 1 heterocycles. The quantitative estimate of drug-likeness (QED) is 0.765. The molecule has 1 aliphatic carbocycles. The second-order valence-electron chi connectivity index (χ2n) is 4.38. The zero-order valence-electron chi connectivity index (χ0n) is 9.64. The average Bonchev–Trinajstić information content (AvgIpc) is 3.03. The van der Waals surface area contributed by atoms with Gasteiger partial charge in [0.15, 0.2) is 0 Å². The molecule has 5 heteroatoms. The molecule has 1 aromatic rings. The number of aliphatic hydroxyl groups excluding tert-OH is 1. The summed E-state index contributed by atoms with van der Waals surface area (Å²) in [5.41, 5.74) is 6.98. The van der Waals surface area contributed by atoms with Crippen molar-refractivity contribution in [1.29, 1.82) is 0 Å². The minimum absolute atomic E-state index is 0.00931. The third-order valence-electron chi connectivity index (χ3n) is 3.04. The molecule has 2 rings (SSSR count). The molecule has 0 radical (unpaired) electrons. The predicted molar refractivity (Wildman–Crippen MR) is 63.4 cm³/mol. The highest BCUT2D eigenvalue weighted by atomic mass is 32.2. The zero-order valence-corrected chi connectivity index (χ0v) is 10.5. The first-order valence-electron chi connectivity index (χ1n) is 5.59. The van der Waals surface area contributed by atoms with E-state index in [1.807, 2.05) is 13.8 Å². The molecule has 3 N–H and O–H groups in total. The minimum Gasteiger partial charge on any atom is -0.437 e. The highest BCUT2D eigenvalue weighted by molar-refractivity contribution is 7.99. The van der Waals surface area contributed by atoms with Gasteiger partial charge in [-0.05, 0) is 32.6 Å². The number of nitrogens with zero attached hydrogens (tertiary/aromatic N) is 1. The van der Waals surface area contributed by atoms with E-state index >= 15 is 0 Å². The van der Waals surface area contributed by atoms with Gasteiger partial charge in [-0.25, -0.2) is 4.98 Å². The average molecular weight is 242 g/mol. The highest BCUT2D eigenvalue weighted by Gasteiger charge is 2.34. The molecule has 1 fully saturated rings. The number of aryl methyl sites for hydroxylation is 2. The Hall–Kier alpha value is -0.520. The van der Waals surface area contributed by atoms with Crippen molar-refractivity contribution in [3.8, 4) is 0 Å². The number of thioether (sulfide) groups is 1. The molecule has 0 spiro atoms. The standard InChI is InChI=1S/C11H18N2O2S/c1-6-7(2)15-11(13-6)16-9(5-14)10(12)8-3-4-8/h8-10,14H,3-5,12H2,1-2H3. The molecule has 2 atom stereocenters. The SMILES string of the molecule is Cc1nc(SC(CO)C(N)C2CC2)oc1C. The van der Waals surface area contributed by atoms with Gasteiger partial charge in [0.1, 0.15) is 5.76 Å². The topological polar surface area (TPSA) is 72.3 Å². The van der Waals surface area contributed by atoms with Crippen molar-refractivity contribution in [3.05, 3.63) is 11.5 Å². The largest absolute Gasteiger partial charge is 0.437 e. The monoisotopic (exact) mass is 242 g/mol. The van der Waals surface area contributed by atoms with Gasteiger partial charge in [-0.1, -0.05) is 11.8 Å². The summed E-state index contributed by atoms with van der Waals surface area (Å²) in [6.45, 7) is 3.88. The first kappa shape index (κ1) is 12.0. The summed E-state index contributed by atoms with van der Waals surface area (Å²) in [5.74, 6) is 1.40. The lowest BCUT2D eigenvalue weighted by atomic mass is 10.1. The van der Waals surface area contributed by atoms with Crippen molar-refractivity contribution < 1.29 is 9.52 Å². The molecule has 4 nitrogen and oxygen atoms in total. The van der Waals surface area contributed by atoms with E-state index < -0.39 is 0 Å². The Labute approximate surface area is 99.6 Å². The van der Waals surface area contributed by atoms with Crippen LogP contribution in [0.15, 0.2) is 9.64 Å². The number of hydrogen-bond acceptors (Lipinski definition) is 5. The normalized spacial score (nSPS) is 19.8. The van der Waals surface area contributed by atoms with Crippen LogP contribution in [-0.2, 0) is 0 Å². The zero-order chi connectivity index (χ0) is 11.7. The van der Waals surface area contributed by atoms with Crippen LogP contribution in [0, 0.1) is 19.8 Å². The summed E-state index contributed by atoms with van der Waals surface area (Å²) in [6.07, 6.45) is 2.36. The van der Waals surface area contributed by atoms with E-state index in [0.29, 0.717) is 11.1 Å². The fourth-order valence-corrected chi connectivity index (χ4v) is 2.72. The van der Waals surface area contributed by atoms with Gasteiger partial charge in [-0.15, -0.1) is 0 Å². The molecule has 0 aromatic carbocycles. The molecule has 0 amide bonds. The van der Waals surface area contributed by atoms with E-state index in [1.165, 1.54) is 24.6 Å². The van der Waals surface area contributed by atoms with Crippen molar-refractivity contribution in [2.45, 2.75) is 43.2 Å². The fourth-order valence-electron chi connectivity index (χ4n) is 1.65. The van der Waals surface area contributed by atoms with Gasteiger partial charge in [-0.3, -0.25) is 0 Å². The van der Waals surface area contributed by atoms with E-state index in [9.17, 15) is 5.11 Å². The maximum atomic E-state index is 9.34. The molecule has 90 valence electrons. The van der Waals surface area contributed by atoms with Crippen LogP contribution in [0.1, 0.15) is 24.3 Å². The van der Waals surface area contributed by atoms with Crippen LogP contribution in [0.3, 0.4) is 0 Å². The molecule has 1 aromatic heterocycles. The Bertz CT molecular complexity index is 343. The van der Waals surface area contributed by atoms with Crippen LogP contribution in [0.25, 0.3) is 0 Å². The van der Waals surface area contributed by atoms with E-state index in [4.69, 9.17) is 10.2 Å². The second-order valence-corrected chi connectivity index (χ2v) is 5.57. The van der Waals surface area contributed by atoms with Crippen LogP contribution in [0.4, 0.5) is 0 Å². The summed E-state index contributed by atoms with van der Waals surface area (Å²) in [4.78, 5) is 4.29. The first-order valence-corrected chi connectivity index (χ1v) is 6.47. The van der Waals surface area contributed by atoms with Gasteiger partial charge < -0.3 is 15.3 Å². The van der Waals surface area contributed by atoms with Crippen molar-refractivity contribution in [2.24, 2.45) is 11.7 Å². The van der Waals surface area contributed by atoms with E-state index in [2.05, 4.69) is 4.98 Å². The third-order valence-corrected chi connectivity index (χ3v) is 4.18. The van der Waals surface area contributed by atoms with E-state index in [-0.39, 0.29) is 17.9 Å². The van der Waals surface area contributed by atoms with Crippen LogP contribution in [0.2, 0.25) is 0 Å². The molecular formula is C11H18N2O2S.